The number of hydrogen-bond acceptors (Lipinski definition) is 7. The van der Waals surface area contributed by atoms with Gasteiger partial charge in [0.1, 0.15) is 6.61 Å². The molecule has 2 atom stereocenters. The molecule has 0 aromatic heterocycles. The number of hydrogen-bond donors (Lipinski definition) is 1. The highest BCUT2D eigenvalue weighted by atomic mass is 31.2. The zero-order chi connectivity index (χ0) is 44.6. The number of carbonyl (C=O) groups is 2. The Labute approximate surface area is 376 Å². The lowest BCUT2D eigenvalue weighted by atomic mass is 10.0. The molecule has 0 spiro atoms. The standard InChI is InChI=1S/C52H95O8P/c1-4-6-8-10-12-14-16-18-20-22-24-25-26-27-29-31-33-35-37-39-41-43-45-47-52(54)60-50(49-59-61(55,56)57-3)48-58-51(53)46-44-42-40-38-36-34-32-30-28-23-21-19-17-15-13-11-9-7-5-2/h6,8,12,14,18,20,24-25,50H,4-5,7,9-11,13,15-17,19,21-23,26-49H2,1-3H3,(H,55,56)/b8-6-,14-12-,20-18-,25-24-. The molecule has 8 nitrogen and oxygen atoms in total. The smallest absolute Gasteiger partial charge is 0.462 e. The fourth-order valence-electron chi connectivity index (χ4n) is 7.24. The maximum Gasteiger partial charge on any atom is 0.472 e. The Balaban J connectivity index is 3.90. The van der Waals surface area contributed by atoms with E-state index in [1.807, 2.05) is 0 Å². The van der Waals surface area contributed by atoms with Crippen LogP contribution in [0.4, 0.5) is 0 Å². The Morgan fingerprint density at radius 3 is 1.25 bits per heavy atom. The van der Waals surface area contributed by atoms with E-state index >= 15 is 0 Å². The number of phosphoric ester groups is 1. The van der Waals surface area contributed by atoms with Crippen molar-refractivity contribution in [3.63, 3.8) is 0 Å². The van der Waals surface area contributed by atoms with Crippen molar-refractivity contribution in [2.75, 3.05) is 20.3 Å². The molecule has 0 aromatic carbocycles. The minimum absolute atomic E-state index is 0.224. The molecule has 0 aliphatic rings. The summed E-state index contributed by atoms with van der Waals surface area (Å²) in [5, 5.41) is 0. The van der Waals surface area contributed by atoms with Gasteiger partial charge in [0, 0.05) is 20.0 Å². The molecule has 1 N–H and O–H groups in total. The van der Waals surface area contributed by atoms with E-state index in [4.69, 9.17) is 14.0 Å². The van der Waals surface area contributed by atoms with Crippen LogP contribution >= 0.6 is 7.82 Å². The van der Waals surface area contributed by atoms with E-state index in [1.165, 1.54) is 141 Å². The van der Waals surface area contributed by atoms with E-state index in [2.05, 4.69) is 67.0 Å². The molecule has 356 valence electrons. The lowest BCUT2D eigenvalue weighted by molar-refractivity contribution is -0.161. The Hall–Kier alpha value is -1.99. The predicted octanol–water partition coefficient (Wildman–Crippen LogP) is 16.5. The zero-order valence-corrected chi connectivity index (χ0v) is 40.7. The maximum atomic E-state index is 12.6. The first kappa shape index (κ1) is 59.0. The molecule has 0 rings (SSSR count). The third kappa shape index (κ3) is 47.3. The van der Waals surface area contributed by atoms with Gasteiger partial charge in [0.25, 0.3) is 0 Å². The van der Waals surface area contributed by atoms with E-state index in [9.17, 15) is 19.0 Å². The lowest BCUT2D eigenvalue weighted by Crippen LogP contribution is -2.29. The van der Waals surface area contributed by atoms with Crippen LogP contribution in [0.2, 0.25) is 0 Å². The van der Waals surface area contributed by atoms with Crippen LogP contribution in [0.3, 0.4) is 0 Å². The van der Waals surface area contributed by atoms with E-state index < -0.39 is 26.5 Å². The molecule has 0 saturated carbocycles. The van der Waals surface area contributed by atoms with Crippen molar-refractivity contribution >= 4 is 19.8 Å². The van der Waals surface area contributed by atoms with E-state index in [-0.39, 0.29) is 19.0 Å². The summed E-state index contributed by atoms with van der Waals surface area (Å²) in [6.07, 6.45) is 58.9. The summed E-state index contributed by atoms with van der Waals surface area (Å²) in [6.45, 7) is 3.81. The van der Waals surface area contributed by atoms with Crippen molar-refractivity contribution in [3.05, 3.63) is 48.6 Å². The second kappa shape index (κ2) is 47.5. The summed E-state index contributed by atoms with van der Waals surface area (Å²) < 4.78 is 32.1. The van der Waals surface area contributed by atoms with E-state index in [1.54, 1.807) is 0 Å². The molecule has 0 bridgehead atoms. The summed E-state index contributed by atoms with van der Waals surface area (Å²) >= 11 is 0. The van der Waals surface area contributed by atoms with Crippen LogP contribution < -0.4 is 0 Å². The Kier molecular flexibility index (Phi) is 45.9. The van der Waals surface area contributed by atoms with Gasteiger partial charge in [-0.25, -0.2) is 4.57 Å². The van der Waals surface area contributed by atoms with Gasteiger partial charge in [-0.05, 0) is 51.4 Å². The van der Waals surface area contributed by atoms with Crippen LogP contribution in [0.15, 0.2) is 48.6 Å². The number of allylic oxidation sites excluding steroid dienone is 8. The fraction of sp³-hybridized carbons (Fsp3) is 0.808. The Morgan fingerprint density at radius 1 is 0.475 bits per heavy atom. The molecule has 2 unspecified atom stereocenters. The molecule has 9 heteroatoms. The summed E-state index contributed by atoms with van der Waals surface area (Å²) in [7, 11) is -3.20. The molecule has 61 heavy (non-hydrogen) atoms. The van der Waals surface area contributed by atoms with Crippen LogP contribution in [0, 0.1) is 0 Å². The summed E-state index contributed by atoms with van der Waals surface area (Å²) in [4.78, 5) is 34.7. The molecule has 0 aromatic rings. The number of carbonyl (C=O) groups excluding carboxylic acids is 2. The first-order valence-electron chi connectivity index (χ1n) is 25.3. The van der Waals surface area contributed by atoms with Gasteiger partial charge in [0.15, 0.2) is 6.10 Å². The average molecular weight is 879 g/mol. The number of ether oxygens (including phenoxy) is 2. The van der Waals surface area contributed by atoms with Crippen molar-refractivity contribution < 1.29 is 37.6 Å². The summed E-state index contributed by atoms with van der Waals surface area (Å²) in [6, 6.07) is 0. The van der Waals surface area contributed by atoms with Crippen molar-refractivity contribution in [1.29, 1.82) is 0 Å². The summed E-state index contributed by atoms with van der Waals surface area (Å²) in [5.74, 6) is -0.798. The molecular formula is C52H95O8P. The molecule has 0 saturated heterocycles. The molecule has 0 heterocycles. The monoisotopic (exact) mass is 879 g/mol. The predicted molar refractivity (Wildman–Crippen MR) is 258 cm³/mol. The Morgan fingerprint density at radius 2 is 0.836 bits per heavy atom. The van der Waals surface area contributed by atoms with Crippen molar-refractivity contribution in [2.45, 2.75) is 251 Å². The van der Waals surface area contributed by atoms with Crippen molar-refractivity contribution in [1.82, 2.24) is 0 Å². The minimum Gasteiger partial charge on any atom is -0.462 e. The third-order valence-corrected chi connectivity index (χ3v) is 12.0. The summed E-state index contributed by atoms with van der Waals surface area (Å²) in [5.41, 5.74) is 0. The van der Waals surface area contributed by atoms with Crippen LogP contribution in [0.25, 0.3) is 0 Å². The average Bonchev–Trinajstić information content (AvgIpc) is 3.25. The topological polar surface area (TPSA) is 108 Å². The van der Waals surface area contributed by atoms with Gasteiger partial charge < -0.3 is 14.4 Å². The fourth-order valence-corrected chi connectivity index (χ4v) is 7.70. The van der Waals surface area contributed by atoms with Crippen molar-refractivity contribution in [3.8, 4) is 0 Å². The number of unbranched alkanes of at least 4 members (excludes halogenated alkanes) is 28. The highest BCUT2D eigenvalue weighted by Gasteiger charge is 2.24. The van der Waals surface area contributed by atoms with Gasteiger partial charge in [0.2, 0.25) is 0 Å². The second-order valence-electron chi connectivity index (χ2n) is 16.9. The quantitative estimate of drug-likeness (QED) is 0.0279. The van der Waals surface area contributed by atoms with Crippen LogP contribution in [0.5, 0.6) is 0 Å². The number of esters is 2. The SMILES string of the molecule is CC/C=C\C/C=C\C/C=C\C/C=C\CCCCCCCCCCCCC(=O)OC(COC(=O)CCCCCCCCCCCCCCCCCCCCC)COP(=O)(O)OC. The molecular weight excluding hydrogens is 784 g/mol. The van der Waals surface area contributed by atoms with Gasteiger partial charge in [-0.1, -0.05) is 229 Å². The molecule has 0 aliphatic carbocycles. The van der Waals surface area contributed by atoms with Gasteiger partial charge in [-0.2, -0.15) is 0 Å². The van der Waals surface area contributed by atoms with Crippen LogP contribution in [-0.4, -0.2) is 43.3 Å². The molecule has 0 aliphatic heterocycles. The Bertz CT molecular complexity index is 1130. The molecule has 0 amide bonds. The first-order chi connectivity index (χ1) is 29.8. The first-order valence-corrected chi connectivity index (χ1v) is 26.8. The highest BCUT2D eigenvalue weighted by Crippen LogP contribution is 2.42. The van der Waals surface area contributed by atoms with Gasteiger partial charge in [-0.15, -0.1) is 0 Å². The number of rotatable bonds is 47. The van der Waals surface area contributed by atoms with Crippen molar-refractivity contribution in [2.24, 2.45) is 0 Å². The van der Waals surface area contributed by atoms with Gasteiger partial charge >= 0.3 is 19.8 Å². The normalized spacial score (nSPS) is 13.6. The minimum atomic E-state index is -4.27. The van der Waals surface area contributed by atoms with Gasteiger partial charge in [-0.3, -0.25) is 18.6 Å². The third-order valence-electron chi connectivity index (χ3n) is 11.1. The molecule has 0 fully saturated rings. The van der Waals surface area contributed by atoms with Gasteiger partial charge in [0.05, 0.1) is 6.61 Å². The zero-order valence-electron chi connectivity index (χ0n) is 39.8. The lowest BCUT2D eigenvalue weighted by Gasteiger charge is -2.19. The second-order valence-corrected chi connectivity index (χ2v) is 18.5. The van der Waals surface area contributed by atoms with Crippen LogP contribution in [0.1, 0.15) is 245 Å². The maximum absolute atomic E-state index is 12.6. The van der Waals surface area contributed by atoms with E-state index in [0.29, 0.717) is 12.8 Å². The molecule has 0 radical (unpaired) electrons. The van der Waals surface area contributed by atoms with Crippen LogP contribution in [-0.2, 0) is 32.7 Å². The van der Waals surface area contributed by atoms with E-state index in [0.717, 1.165) is 77.7 Å². The largest absolute Gasteiger partial charge is 0.472 e. The number of phosphoric acid groups is 1. The highest BCUT2D eigenvalue weighted by molar-refractivity contribution is 7.47.